The fourth-order valence-corrected chi connectivity index (χ4v) is 2.37. The summed E-state index contributed by atoms with van der Waals surface area (Å²) in [7, 11) is 0. The van der Waals surface area contributed by atoms with Crippen LogP contribution in [0.2, 0.25) is 0 Å². The Morgan fingerprint density at radius 3 is 3.06 bits per heavy atom. The summed E-state index contributed by atoms with van der Waals surface area (Å²) < 4.78 is 6.87. The molecule has 16 heavy (non-hydrogen) atoms. The molecule has 0 aliphatic heterocycles. The van der Waals surface area contributed by atoms with Crippen LogP contribution >= 0.6 is 0 Å². The molecular weight excluding hydrogens is 204 g/mol. The number of aromatic nitrogens is 2. The molecule has 0 N–H and O–H groups in total. The number of carbonyl (C=O) groups excluding carboxylic acids is 1. The van der Waals surface area contributed by atoms with Gasteiger partial charge in [0, 0.05) is 29.4 Å². The van der Waals surface area contributed by atoms with Crippen molar-refractivity contribution in [1.82, 2.24) is 9.72 Å². The summed E-state index contributed by atoms with van der Waals surface area (Å²) in [5.74, 6) is 1.00. The number of ketones is 1. The minimum Gasteiger partial charge on any atom is -0.363 e. The number of Topliss-reactive ketones (excluding diaryl/α,β-unsaturated/α-hetero) is 1. The van der Waals surface area contributed by atoms with Crippen LogP contribution in [0.4, 0.5) is 0 Å². The lowest BCUT2D eigenvalue weighted by Crippen LogP contribution is -2.12. The van der Waals surface area contributed by atoms with Crippen molar-refractivity contribution in [2.45, 2.75) is 26.2 Å². The second-order valence-corrected chi connectivity index (χ2v) is 4.12. The first kappa shape index (κ1) is 9.39. The van der Waals surface area contributed by atoms with Crippen LogP contribution in [0.1, 0.15) is 34.6 Å². The maximum absolute atomic E-state index is 11.8. The highest BCUT2D eigenvalue weighted by atomic mass is 16.5. The van der Waals surface area contributed by atoms with Crippen LogP contribution in [0.15, 0.2) is 22.9 Å². The largest absolute Gasteiger partial charge is 0.363 e. The monoisotopic (exact) mass is 216 g/mol. The molecule has 2 aromatic rings. The zero-order valence-electron chi connectivity index (χ0n) is 9.06. The van der Waals surface area contributed by atoms with Crippen LogP contribution in [0.3, 0.4) is 0 Å². The quantitative estimate of drug-likeness (QED) is 0.734. The molecule has 0 saturated heterocycles. The minimum absolute atomic E-state index is 0.242. The van der Waals surface area contributed by atoms with E-state index < -0.39 is 0 Å². The third kappa shape index (κ3) is 1.23. The van der Waals surface area contributed by atoms with Crippen LogP contribution in [-0.2, 0) is 6.42 Å². The third-order valence-corrected chi connectivity index (χ3v) is 3.06. The molecule has 4 nitrogen and oxygen atoms in total. The first-order valence-corrected chi connectivity index (χ1v) is 5.42. The molecule has 2 heterocycles. The smallest absolute Gasteiger partial charge is 0.180 e. The van der Waals surface area contributed by atoms with Gasteiger partial charge in [0.2, 0.25) is 0 Å². The summed E-state index contributed by atoms with van der Waals surface area (Å²) in [6.45, 7) is 1.99. The zero-order chi connectivity index (χ0) is 11.1. The van der Waals surface area contributed by atoms with E-state index in [1.165, 1.54) is 0 Å². The van der Waals surface area contributed by atoms with Crippen LogP contribution in [0.5, 0.6) is 0 Å². The van der Waals surface area contributed by atoms with Crippen molar-refractivity contribution in [3.8, 4) is 5.82 Å². The zero-order valence-corrected chi connectivity index (χ0v) is 9.06. The molecular formula is C12H12N2O2. The minimum atomic E-state index is 0.242. The molecule has 1 aliphatic carbocycles. The maximum Gasteiger partial charge on any atom is 0.180 e. The third-order valence-electron chi connectivity index (χ3n) is 3.06. The molecule has 0 fully saturated rings. The van der Waals surface area contributed by atoms with Gasteiger partial charge in [0.15, 0.2) is 11.6 Å². The molecule has 0 atom stereocenters. The molecule has 0 spiro atoms. The first-order chi connectivity index (χ1) is 7.77. The summed E-state index contributed by atoms with van der Waals surface area (Å²) in [5.41, 5.74) is 2.96. The lowest BCUT2D eigenvalue weighted by Gasteiger charge is -2.13. The standard InChI is InChI=1S/C12H12N2O2/c1-8-7-9-10(3-2-4-11(9)15)14(8)12-5-6-16-13-12/h5-7H,2-4H2,1H3. The fraction of sp³-hybridized carbons (Fsp3) is 0.333. The van der Waals surface area contributed by atoms with E-state index in [0.29, 0.717) is 6.42 Å². The average Bonchev–Trinajstić information content (AvgIpc) is 2.85. The van der Waals surface area contributed by atoms with Crippen molar-refractivity contribution in [3.63, 3.8) is 0 Å². The lowest BCUT2D eigenvalue weighted by atomic mass is 9.97. The molecule has 0 radical (unpaired) electrons. The van der Waals surface area contributed by atoms with E-state index in [-0.39, 0.29) is 5.78 Å². The number of fused-ring (bicyclic) bond motifs is 1. The van der Waals surface area contributed by atoms with Crippen molar-refractivity contribution in [2.75, 3.05) is 0 Å². The number of hydrogen-bond donors (Lipinski definition) is 0. The molecule has 0 bridgehead atoms. The van der Waals surface area contributed by atoms with Gasteiger partial charge in [-0.2, -0.15) is 0 Å². The Balaban J connectivity index is 2.23. The van der Waals surface area contributed by atoms with E-state index in [2.05, 4.69) is 5.16 Å². The summed E-state index contributed by atoms with van der Waals surface area (Å²) in [4.78, 5) is 11.8. The van der Waals surface area contributed by atoms with Gasteiger partial charge in [0.25, 0.3) is 0 Å². The van der Waals surface area contributed by atoms with E-state index in [0.717, 1.165) is 35.6 Å². The number of nitrogens with zero attached hydrogens (tertiary/aromatic N) is 2. The molecule has 0 aromatic carbocycles. The Morgan fingerprint density at radius 2 is 2.31 bits per heavy atom. The van der Waals surface area contributed by atoms with E-state index in [9.17, 15) is 4.79 Å². The molecule has 0 saturated carbocycles. The first-order valence-electron chi connectivity index (χ1n) is 5.42. The number of carbonyl (C=O) groups is 1. The van der Waals surface area contributed by atoms with Gasteiger partial charge in [-0.05, 0) is 25.8 Å². The van der Waals surface area contributed by atoms with E-state index in [1.54, 1.807) is 6.26 Å². The Kier molecular flexibility index (Phi) is 1.96. The van der Waals surface area contributed by atoms with Crippen LogP contribution in [0, 0.1) is 6.92 Å². The molecule has 0 amide bonds. The van der Waals surface area contributed by atoms with Gasteiger partial charge in [-0.3, -0.25) is 9.36 Å². The van der Waals surface area contributed by atoms with Gasteiger partial charge in [-0.25, -0.2) is 0 Å². The van der Waals surface area contributed by atoms with Crippen LogP contribution in [-0.4, -0.2) is 15.5 Å². The highest BCUT2D eigenvalue weighted by Gasteiger charge is 2.23. The Labute approximate surface area is 92.9 Å². The second-order valence-electron chi connectivity index (χ2n) is 4.12. The summed E-state index contributed by atoms with van der Waals surface area (Å²) in [5, 5.41) is 3.93. The number of hydrogen-bond acceptors (Lipinski definition) is 3. The Bertz CT molecular complexity index is 538. The molecule has 82 valence electrons. The van der Waals surface area contributed by atoms with Crippen molar-refractivity contribution in [3.05, 3.63) is 35.3 Å². The van der Waals surface area contributed by atoms with Gasteiger partial charge in [0.05, 0.1) is 0 Å². The van der Waals surface area contributed by atoms with Gasteiger partial charge in [-0.15, -0.1) is 0 Å². The molecule has 1 aliphatic rings. The van der Waals surface area contributed by atoms with Crippen LogP contribution in [0.25, 0.3) is 5.82 Å². The second kappa shape index (κ2) is 3.33. The summed E-state index contributed by atoms with van der Waals surface area (Å²) in [6.07, 6.45) is 4.07. The highest BCUT2D eigenvalue weighted by Crippen LogP contribution is 2.27. The van der Waals surface area contributed by atoms with Crippen molar-refractivity contribution in [2.24, 2.45) is 0 Å². The summed E-state index contributed by atoms with van der Waals surface area (Å²) >= 11 is 0. The summed E-state index contributed by atoms with van der Waals surface area (Å²) in [6, 6.07) is 3.76. The van der Waals surface area contributed by atoms with E-state index in [4.69, 9.17) is 4.52 Å². The van der Waals surface area contributed by atoms with Gasteiger partial charge in [0.1, 0.15) is 6.26 Å². The normalized spacial score (nSPS) is 15.2. The van der Waals surface area contributed by atoms with Crippen molar-refractivity contribution in [1.29, 1.82) is 0 Å². The van der Waals surface area contributed by atoms with Crippen molar-refractivity contribution >= 4 is 5.78 Å². The van der Waals surface area contributed by atoms with Gasteiger partial charge in [-0.1, -0.05) is 5.16 Å². The Hall–Kier alpha value is -1.84. The number of rotatable bonds is 1. The SMILES string of the molecule is Cc1cc2c(n1-c1ccon1)CCCC2=O. The lowest BCUT2D eigenvalue weighted by molar-refractivity contribution is 0.0972. The van der Waals surface area contributed by atoms with Crippen LogP contribution < -0.4 is 0 Å². The molecule has 4 heteroatoms. The maximum atomic E-state index is 11.8. The van der Waals surface area contributed by atoms with Gasteiger partial charge < -0.3 is 4.52 Å². The number of aryl methyl sites for hydroxylation is 1. The molecule has 3 rings (SSSR count). The highest BCUT2D eigenvalue weighted by molar-refractivity contribution is 5.98. The predicted molar refractivity (Wildman–Crippen MR) is 57.8 cm³/mol. The molecule has 0 unspecified atom stereocenters. The van der Waals surface area contributed by atoms with E-state index in [1.807, 2.05) is 23.6 Å². The Morgan fingerprint density at radius 1 is 1.44 bits per heavy atom. The van der Waals surface area contributed by atoms with Gasteiger partial charge >= 0.3 is 0 Å². The molecule has 2 aromatic heterocycles. The predicted octanol–water partition coefficient (Wildman–Crippen LogP) is 2.29. The fourth-order valence-electron chi connectivity index (χ4n) is 2.37. The van der Waals surface area contributed by atoms with Crippen molar-refractivity contribution < 1.29 is 9.32 Å². The van der Waals surface area contributed by atoms with E-state index >= 15 is 0 Å². The average molecular weight is 216 g/mol. The topological polar surface area (TPSA) is 48.0 Å².